The van der Waals surface area contributed by atoms with Gasteiger partial charge in [-0.1, -0.05) is 35.9 Å². The van der Waals surface area contributed by atoms with Crippen molar-refractivity contribution in [3.8, 4) is 11.5 Å². The molecule has 1 fully saturated rings. The van der Waals surface area contributed by atoms with Crippen LogP contribution in [0, 0.1) is 0 Å². The number of carbonyl (C=O) groups is 1. The van der Waals surface area contributed by atoms with Crippen LogP contribution < -0.4 is 14.9 Å². The summed E-state index contributed by atoms with van der Waals surface area (Å²) in [7, 11) is 0. The van der Waals surface area contributed by atoms with Gasteiger partial charge in [-0.15, -0.1) is 23.5 Å². The fraction of sp³-hybridized carbons (Fsp3) is 0.200. The lowest BCUT2D eigenvalue weighted by Crippen LogP contribution is -2.24. The van der Waals surface area contributed by atoms with E-state index in [9.17, 15) is 4.79 Å². The second kappa shape index (κ2) is 12.0. The standard InChI is InChI=1S/C25H23ClN2O3S2/c26-21-7-1-19(2-8-21)16-30-22-9-3-18(4-10-22)15-27-28-24(29)17-31-23-11-5-20(6-12-23)25-32-13-14-33-25/h1-12,15,25H,13-14,16-17H2,(H,28,29)/b27-15-. The lowest BCUT2D eigenvalue weighted by Gasteiger charge is -2.10. The Bertz CT molecular complexity index is 1070. The van der Waals surface area contributed by atoms with Gasteiger partial charge in [0.25, 0.3) is 5.91 Å². The lowest BCUT2D eigenvalue weighted by molar-refractivity contribution is -0.123. The Balaban J connectivity index is 1.17. The summed E-state index contributed by atoms with van der Waals surface area (Å²) < 4.78 is 11.8. The zero-order valence-electron chi connectivity index (χ0n) is 17.8. The molecular formula is C25H23ClN2O3S2. The van der Waals surface area contributed by atoms with Crippen molar-refractivity contribution < 1.29 is 14.3 Å². The van der Waals surface area contributed by atoms with Crippen LogP contribution in [0.25, 0.3) is 0 Å². The van der Waals surface area contributed by atoms with Crippen molar-refractivity contribution in [1.82, 2.24) is 5.43 Å². The molecule has 1 saturated heterocycles. The topological polar surface area (TPSA) is 59.9 Å². The number of hydrogen-bond acceptors (Lipinski definition) is 6. The monoisotopic (exact) mass is 498 g/mol. The zero-order chi connectivity index (χ0) is 22.9. The van der Waals surface area contributed by atoms with E-state index >= 15 is 0 Å². The fourth-order valence-electron chi connectivity index (χ4n) is 3.03. The number of benzene rings is 3. The van der Waals surface area contributed by atoms with E-state index in [0.717, 1.165) is 16.9 Å². The fourth-order valence-corrected chi connectivity index (χ4v) is 6.01. The molecule has 5 nitrogen and oxygen atoms in total. The summed E-state index contributed by atoms with van der Waals surface area (Å²) in [4.78, 5) is 12.0. The van der Waals surface area contributed by atoms with E-state index in [0.29, 0.717) is 22.0 Å². The van der Waals surface area contributed by atoms with Crippen LogP contribution in [0.2, 0.25) is 5.02 Å². The van der Waals surface area contributed by atoms with Gasteiger partial charge in [-0.2, -0.15) is 5.10 Å². The molecular weight excluding hydrogens is 476 g/mol. The first-order valence-corrected chi connectivity index (χ1v) is 12.9. The highest BCUT2D eigenvalue weighted by molar-refractivity contribution is 8.19. The number of amides is 1. The Labute approximate surface area is 206 Å². The van der Waals surface area contributed by atoms with Gasteiger partial charge in [-0.3, -0.25) is 4.79 Å². The second-order valence-corrected chi connectivity index (χ2v) is 10.4. The van der Waals surface area contributed by atoms with Gasteiger partial charge in [0, 0.05) is 16.5 Å². The third kappa shape index (κ3) is 7.45. The van der Waals surface area contributed by atoms with Crippen molar-refractivity contribution in [2.24, 2.45) is 5.10 Å². The first kappa shape index (κ1) is 23.5. The van der Waals surface area contributed by atoms with E-state index in [1.54, 1.807) is 6.21 Å². The smallest absolute Gasteiger partial charge is 0.277 e. The van der Waals surface area contributed by atoms with E-state index in [4.69, 9.17) is 21.1 Å². The molecule has 0 aliphatic carbocycles. The summed E-state index contributed by atoms with van der Waals surface area (Å²) in [6.07, 6.45) is 1.58. The Kier molecular flexibility index (Phi) is 8.58. The highest BCUT2D eigenvalue weighted by Gasteiger charge is 2.17. The highest BCUT2D eigenvalue weighted by atomic mass is 35.5. The van der Waals surface area contributed by atoms with Gasteiger partial charge in [-0.05, 0) is 65.2 Å². The van der Waals surface area contributed by atoms with Gasteiger partial charge in [0.15, 0.2) is 6.61 Å². The van der Waals surface area contributed by atoms with Gasteiger partial charge in [0.05, 0.1) is 10.8 Å². The first-order chi connectivity index (χ1) is 16.2. The minimum Gasteiger partial charge on any atom is -0.489 e. The summed E-state index contributed by atoms with van der Waals surface area (Å²) >= 11 is 9.81. The zero-order valence-corrected chi connectivity index (χ0v) is 20.2. The van der Waals surface area contributed by atoms with Crippen molar-refractivity contribution in [2.45, 2.75) is 11.2 Å². The van der Waals surface area contributed by atoms with Gasteiger partial charge in [0.1, 0.15) is 18.1 Å². The van der Waals surface area contributed by atoms with Crippen molar-refractivity contribution >= 4 is 47.2 Å². The van der Waals surface area contributed by atoms with Crippen LogP contribution in [0.5, 0.6) is 11.5 Å². The molecule has 1 heterocycles. The molecule has 8 heteroatoms. The Hall–Kier alpha value is -2.61. The van der Waals surface area contributed by atoms with Gasteiger partial charge in [-0.25, -0.2) is 5.43 Å². The van der Waals surface area contributed by atoms with Crippen LogP contribution in [0.3, 0.4) is 0 Å². The van der Waals surface area contributed by atoms with Crippen LogP contribution >= 0.6 is 35.1 Å². The predicted molar refractivity (Wildman–Crippen MR) is 138 cm³/mol. The van der Waals surface area contributed by atoms with Crippen LogP contribution in [0.15, 0.2) is 77.9 Å². The second-order valence-electron chi connectivity index (χ2n) is 7.21. The number of rotatable bonds is 9. The maximum atomic E-state index is 12.0. The SMILES string of the molecule is O=C(COc1ccc(C2SCCS2)cc1)N/N=C\c1ccc(OCc2ccc(Cl)cc2)cc1. The molecule has 0 spiro atoms. The van der Waals surface area contributed by atoms with Crippen LogP contribution in [0.1, 0.15) is 21.3 Å². The molecule has 0 saturated carbocycles. The number of carbonyl (C=O) groups excluding carboxylic acids is 1. The molecule has 1 amide bonds. The summed E-state index contributed by atoms with van der Waals surface area (Å²) in [6, 6.07) is 22.9. The van der Waals surface area contributed by atoms with E-state index in [-0.39, 0.29) is 12.5 Å². The molecule has 170 valence electrons. The molecule has 1 aliphatic rings. The minimum atomic E-state index is -0.319. The highest BCUT2D eigenvalue weighted by Crippen LogP contribution is 2.45. The molecule has 0 aromatic heterocycles. The van der Waals surface area contributed by atoms with Gasteiger partial charge < -0.3 is 9.47 Å². The molecule has 4 rings (SSSR count). The average Bonchev–Trinajstić information content (AvgIpc) is 3.39. The molecule has 33 heavy (non-hydrogen) atoms. The quantitative estimate of drug-likeness (QED) is 0.293. The molecule has 1 aliphatic heterocycles. The maximum Gasteiger partial charge on any atom is 0.277 e. The van der Waals surface area contributed by atoms with Crippen molar-refractivity contribution in [3.63, 3.8) is 0 Å². The molecule has 1 N–H and O–H groups in total. The van der Waals surface area contributed by atoms with Crippen molar-refractivity contribution in [1.29, 1.82) is 0 Å². The first-order valence-electron chi connectivity index (χ1n) is 10.4. The Morgan fingerprint density at radius 2 is 1.58 bits per heavy atom. The van der Waals surface area contributed by atoms with E-state index < -0.39 is 0 Å². The predicted octanol–water partition coefficient (Wildman–Crippen LogP) is 5.93. The summed E-state index contributed by atoms with van der Waals surface area (Å²) in [6.45, 7) is 0.364. The third-order valence-corrected chi connectivity index (χ3v) is 8.10. The lowest BCUT2D eigenvalue weighted by atomic mass is 10.2. The van der Waals surface area contributed by atoms with E-state index in [2.05, 4.69) is 22.7 Å². The van der Waals surface area contributed by atoms with Crippen molar-refractivity contribution in [2.75, 3.05) is 18.1 Å². The number of nitrogens with one attached hydrogen (secondary N) is 1. The molecule has 0 radical (unpaired) electrons. The summed E-state index contributed by atoms with van der Waals surface area (Å²) in [5.74, 6) is 3.48. The van der Waals surface area contributed by atoms with Crippen LogP contribution in [-0.2, 0) is 11.4 Å². The summed E-state index contributed by atoms with van der Waals surface area (Å²) in [5, 5.41) is 4.69. The van der Waals surface area contributed by atoms with Gasteiger partial charge >= 0.3 is 0 Å². The number of thioether (sulfide) groups is 2. The molecule has 3 aromatic rings. The largest absolute Gasteiger partial charge is 0.489 e. The number of nitrogens with zero attached hydrogens (tertiary/aromatic N) is 1. The van der Waals surface area contributed by atoms with E-state index in [1.165, 1.54) is 17.1 Å². The van der Waals surface area contributed by atoms with E-state index in [1.807, 2.05) is 84.2 Å². The Morgan fingerprint density at radius 3 is 2.27 bits per heavy atom. The number of ether oxygens (including phenoxy) is 2. The minimum absolute atomic E-state index is 0.0961. The molecule has 0 atom stereocenters. The summed E-state index contributed by atoms with van der Waals surface area (Å²) in [5.41, 5.74) is 5.64. The number of halogens is 1. The Morgan fingerprint density at radius 1 is 0.939 bits per heavy atom. The molecule has 0 bridgehead atoms. The van der Waals surface area contributed by atoms with Crippen molar-refractivity contribution in [3.05, 3.63) is 94.5 Å². The average molecular weight is 499 g/mol. The van der Waals surface area contributed by atoms with Crippen LogP contribution in [0.4, 0.5) is 0 Å². The maximum absolute atomic E-state index is 12.0. The normalized spacial score (nSPS) is 13.8. The number of hydrogen-bond donors (Lipinski definition) is 1. The molecule has 0 unspecified atom stereocenters. The molecule has 3 aromatic carbocycles. The third-order valence-electron chi connectivity index (χ3n) is 4.75. The van der Waals surface area contributed by atoms with Crippen LogP contribution in [-0.4, -0.2) is 30.2 Å². The van der Waals surface area contributed by atoms with Gasteiger partial charge in [0.2, 0.25) is 0 Å². The number of hydrazone groups is 1.